The van der Waals surface area contributed by atoms with Crippen molar-refractivity contribution in [3.63, 3.8) is 0 Å². The zero-order valence-corrected chi connectivity index (χ0v) is 34.5. The molecule has 324 valence electrons. The summed E-state index contributed by atoms with van der Waals surface area (Å²) in [7, 11) is 0. The fraction of sp³-hybridized carbons (Fsp3) is 0.429. The van der Waals surface area contributed by atoms with Crippen LogP contribution in [0.2, 0.25) is 0 Å². The molecule has 0 atom stereocenters. The molecule has 0 fully saturated rings. The predicted octanol–water partition coefficient (Wildman–Crippen LogP) is 11.6. The van der Waals surface area contributed by atoms with E-state index in [4.69, 9.17) is 0 Å². The number of aromatic amines is 6. The van der Waals surface area contributed by atoms with Gasteiger partial charge in [-0.05, 0) is 83.1 Å². The lowest BCUT2D eigenvalue weighted by Crippen LogP contribution is -2.27. The fourth-order valence-corrected chi connectivity index (χ4v) is 8.64. The van der Waals surface area contributed by atoms with E-state index in [0.717, 1.165) is 0 Å². The van der Waals surface area contributed by atoms with Crippen LogP contribution in [0.1, 0.15) is 151 Å². The Bertz CT molecular complexity index is 2120. The molecule has 0 saturated carbocycles. The van der Waals surface area contributed by atoms with E-state index < -0.39 is 171 Å². The number of halogens is 12. The van der Waals surface area contributed by atoms with E-state index in [-0.39, 0.29) is 0 Å². The molecule has 7 heterocycles. The molecule has 0 aliphatic carbocycles. The van der Waals surface area contributed by atoms with Gasteiger partial charge in [0.25, 0.3) is 0 Å². The molecule has 1 aliphatic heterocycles. The Morgan fingerprint density at radius 3 is 0.317 bits per heavy atom. The Hall–Kier alpha value is -5.16. The molecule has 18 heteroatoms. The molecule has 0 amide bonds. The first-order chi connectivity index (χ1) is 27.3. The van der Waals surface area contributed by atoms with Gasteiger partial charge in [-0.15, -0.1) is 0 Å². The third-order valence-corrected chi connectivity index (χ3v) is 12.8. The first-order valence-corrected chi connectivity index (χ1v) is 18.8. The van der Waals surface area contributed by atoms with Crippen LogP contribution in [0, 0.1) is 69.8 Å². The van der Waals surface area contributed by atoms with Gasteiger partial charge >= 0.3 is 0 Å². The van der Waals surface area contributed by atoms with Gasteiger partial charge in [0.2, 0.25) is 0 Å². The quantitative estimate of drug-likeness (QED) is 0.0821. The van der Waals surface area contributed by atoms with E-state index in [0.29, 0.717) is 0 Å². The van der Waals surface area contributed by atoms with Crippen molar-refractivity contribution in [2.24, 2.45) is 0 Å². The summed E-state index contributed by atoms with van der Waals surface area (Å²) in [5, 5.41) is 0. The second-order valence-corrected chi connectivity index (χ2v) is 18.8. The van der Waals surface area contributed by atoms with E-state index in [2.05, 4.69) is 29.9 Å². The largest absolute Gasteiger partial charge is 0.356 e. The van der Waals surface area contributed by atoms with Gasteiger partial charge in [-0.1, -0.05) is 0 Å². The molecule has 6 aromatic heterocycles. The third kappa shape index (κ3) is 5.36. The monoisotopic (exact) mass is 858 g/mol. The molecule has 0 spiro atoms. The van der Waals surface area contributed by atoms with Crippen LogP contribution in [0.4, 0.5) is 52.7 Å². The molecule has 7 rings (SSSR count). The maximum atomic E-state index is 16.1. The second-order valence-electron chi connectivity index (χ2n) is 18.8. The SMILES string of the molecule is CC1(C)c2[nH]c(c(F)c2F)C(C)(C)c2[nH]c(c(F)c2F)C(C)(C)c2[nH]c(c(F)c2F)C(C)(C)c2[nH]c(c(F)c2F)C(C)(C)c2[nH]c(c(F)c2F)C(C)(C)c2[nH]c1c(F)c2F. The van der Waals surface area contributed by atoms with Gasteiger partial charge in [0.15, 0.2) is 69.8 Å². The van der Waals surface area contributed by atoms with Gasteiger partial charge in [-0.2, -0.15) is 0 Å². The zero-order chi connectivity index (χ0) is 45.1. The lowest BCUT2D eigenvalue weighted by atomic mass is 9.85. The van der Waals surface area contributed by atoms with Crippen LogP contribution in [0.5, 0.6) is 0 Å². The van der Waals surface area contributed by atoms with E-state index in [1.807, 2.05) is 0 Å². The maximum Gasteiger partial charge on any atom is 0.180 e. The maximum absolute atomic E-state index is 16.1. The summed E-state index contributed by atoms with van der Waals surface area (Å²) in [6, 6.07) is 0. The number of hydrogen-bond donors (Lipinski definition) is 6. The highest BCUT2D eigenvalue weighted by Crippen LogP contribution is 2.48. The molecule has 6 nitrogen and oxygen atoms in total. The highest BCUT2D eigenvalue weighted by atomic mass is 19.2. The van der Waals surface area contributed by atoms with Gasteiger partial charge in [-0.25, -0.2) is 52.7 Å². The molecule has 1 aliphatic rings. The molecule has 12 bridgehead atoms. The van der Waals surface area contributed by atoms with Crippen molar-refractivity contribution in [2.45, 2.75) is 116 Å². The van der Waals surface area contributed by atoms with Crippen LogP contribution in [0.3, 0.4) is 0 Å². The normalized spacial score (nSPS) is 18.8. The standard InChI is InChI=1S/C42H42F12N6/c1-37(2)25-13(43)15(45)27(55-25)38(3,4)29-17(47)19(49)31(57-29)40(7,8)33-21(51)23(53)35(59-33)42(11,12)36-24(54)22(52)34(60-36)41(9,10)32-20(50)18(48)30(58-32)39(5,6)28-16(46)14(44)26(37)56-28/h55-60H,1-12H3. The lowest BCUT2D eigenvalue weighted by Gasteiger charge is -2.27. The second kappa shape index (κ2) is 12.7. The van der Waals surface area contributed by atoms with E-state index in [1.165, 1.54) is 83.1 Å². The summed E-state index contributed by atoms with van der Waals surface area (Å²) < 4.78 is 193. The average Bonchev–Trinajstić information content (AvgIpc) is 3.96. The minimum absolute atomic E-state index is 0.685. The minimum atomic E-state index is -2.03. The smallest absolute Gasteiger partial charge is 0.180 e. The van der Waals surface area contributed by atoms with Crippen molar-refractivity contribution in [2.75, 3.05) is 0 Å². The Morgan fingerprint density at radius 1 is 0.183 bits per heavy atom. The van der Waals surface area contributed by atoms with Crippen molar-refractivity contribution in [3.8, 4) is 0 Å². The number of H-pyrrole nitrogens is 6. The predicted molar refractivity (Wildman–Crippen MR) is 197 cm³/mol. The van der Waals surface area contributed by atoms with Crippen molar-refractivity contribution in [1.29, 1.82) is 0 Å². The molecule has 6 aromatic rings. The molecular weight excluding hydrogens is 816 g/mol. The molecular formula is C42H42F12N6. The Balaban J connectivity index is 1.56. The topological polar surface area (TPSA) is 94.7 Å². The Morgan fingerprint density at radius 2 is 0.250 bits per heavy atom. The number of hydrogen-bond acceptors (Lipinski definition) is 0. The van der Waals surface area contributed by atoms with Crippen LogP contribution >= 0.6 is 0 Å². The highest BCUT2D eigenvalue weighted by Gasteiger charge is 2.48. The molecule has 0 saturated heterocycles. The molecule has 0 unspecified atom stereocenters. The van der Waals surface area contributed by atoms with Crippen LogP contribution in [0.25, 0.3) is 0 Å². The van der Waals surface area contributed by atoms with Crippen LogP contribution in [-0.2, 0) is 32.5 Å². The van der Waals surface area contributed by atoms with Crippen molar-refractivity contribution in [1.82, 2.24) is 29.9 Å². The van der Waals surface area contributed by atoms with E-state index in [1.54, 1.807) is 0 Å². The van der Waals surface area contributed by atoms with E-state index >= 15 is 52.7 Å². The van der Waals surface area contributed by atoms with Gasteiger partial charge < -0.3 is 29.9 Å². The van der Waals surface area contributed by atoms with Crippen molar-refractivity contribution >= 4 is 0 Å². The molecule has 6 N–H and O–H groups in total. The number of nitrogens with one attached hydrogen (secondary N) is 6. The first kappa shape index (κ1) is 42.9. The van der Waals surface area contributed by atoms with Crippen LogP contribution in [0.15, 0.2) is 0 Å². The average molecular weight is 859 g/mol. The number of fused-ring (bicyclic) bond motifs is 12. The minimum Gasteiger partial charge on any atom is -0.356 e. The highest BCUT2D eigenvalue weighted by molar-refractivity contribution is 5.48. The van der Waals surface area contributed by atoms with Gasteiger partial charge in [0, 0.05) is 0 Å². The van der Waals surface area contributed by atoms with Gasteiger partial charge in [0.1, 0.15) is 0 Å². The lowest BCUT2D eigenvalue weighted by molar-refractivity contribution is 0.443. The third-order valence-electron chi connectivity index (χ3n) is 12.8. The molecule has 0 radical (unpaired) electrons. The summed E-state index contributed by atoms with van der Waals surface area (Å²) in [4.78, 5) is 15.1. The Labute approximate surface area is 336 Å². The summed E-state index contributed by atoms with van der Waals surface area (Å²) in [5.74, 6) is -19.2. The fourth-order valence-electron chi connectivity index (χ4n) is 8.64. The van der Waals surface area contributed by atoms with Crippen LogP contribution < -0.4 is 0 Å². The summed E-state index contributed by atoms with van der Waals surface area (Å²) in [5.41, 5.74) is -20.4. The van der Waals surface area contributed by atoms with Crippen molar-refractivity contribution in [3.05, 3.63) is 138 Å². The van der Waals surface area contributed by atoms with Gasteiger partial charge in [-0.3, -0.25) is 0 Å². The first-order valence-electron chi connectivity index (χ1n) is 18.8. The van der Waals surface area contributed by atoms with Crippen molar-refractivity contribution < 1.29 is 52.7 Å². The summed E-state index contributed by atoms with van der Waals surface area (Å²) in [6.07, 6.45) is 0. The van der Waals surface area contributed by atoms with Crippen LogP contribution in [-0.4, -0.2) is 29.9 Å². The van der Waals surface area contributed by atoms with E-state index in [9.17, 15) is 0 Å². The van der Waals surface area contributed by atoms with Gasteiger partial charge in [0.05, 0.1) is 101 Å². The number of rotatable bonds is 0. The zero-order valence-electron chi connectivity index (χ0n) is 34.5. The summed E-state index contributed by atoms with van der Waals surface area (Å²) >= 11 is 0. The molecule has 0 aromatic carbocycles. The Kier molecular flexibility index (Phi) is 9.08. The molecule has 60 heavy (non-hydrogen) atoms. The summed E-state index contributed by atoms with van der Waals surface area (Å²) in [6.45, 7) is 14.1. The number of aromatic nitrogens is 6.